The number of halogens is 2. The summed E-state index contributed by atoms with van der Waals surface area (Å²) in [5, 5.41) is 0. The van der Waals surface area contributed by atoms with E-state index in [4.69, 9.17) is 4.74 Å². The van der Waals surface area contributed by atoms with Crippen LogP contribution in [0.1, 0.15) is 36.6 Å². The lowest BCUT2D eigenvalue weighted by molar-refractivity contribution is 0.291. The van der Waals surface area contributed by atoms with Gasteiger partial charge < -0.3 is 4.74 Å². The van der Waals surface area contributed by atoms with Crippen LogP contribution in [0, 0.1) is 11.8 Å². The van der Waals surface area contributed by atoms with Gasteiger partial charge in [0.2, 0.25) is 5.95 Å². The van der Waals surface area contributed by atoms with Gasteiger partial charge in [-0.3, -0.25) is 4.40 Å². The average molecular weight is 391 g/mol. The first-order valence-corrected chi connectivity index (χ1v) is 9.70. The maximum Gasteiger partial charge on any atom is 0.239 e. The Morgan fingerprint density at radius 1 is 1.03 bits per heavy atom. The fourth-order valence-electron chi connectivity index (χ4n) is 3.71. The number of ether oxygens (including phenoxy) is 1. The normalized spacial score (nSPS) is 14.1. The molecule has 0 saturated heterocycles. The lowest BCUT2D eigenvalue weighted by Gasteiger charge is -2.23. The zero-order valence-corrected chi connectivity index (χ0v) is 15.7. The number of imidazole rings is 1. The highest BCUT2D eigenvalue weighted by atomic mass is 19.1. The quantitative estimate of drug-likeness (QED) is 0.450. The molecule has 0 unspecified atom stereocenters. The standard InChI is InChI=1S/C23H19F2N3O/c24-19-17(10-5-11-18(19)29-14-15-6-2-1-3-7-15)20-21-22(25)26-12-13-28(21)23(27-20)16-8-4-9-16/h1-3,5-7,10-13,16H,4,8-9,14H2. The number of benzene rings is 2. The van der Waals surface area contributed by atoms with Crippen molar-refractivity contribution >= 4 is 5.52 Å². The second-order valence-electron chi connectivity index (χ2n) is 7.28. The van der Waals surface area contributed by atoms with Crippen LogP contribution in [0.2, 0.25) is 0 Å². The van der Waals surface area contributed by atoms with E-state index in [1.165, 1.54) is 6.20 Å². The average Bonchev–Trinajstić information content (AvgIpc) is 3.07. The van der Waals surface area contributed by atoms with Crippen LogP contribution in [-0.4, -0.2) is 14.4 Å². The molecule has 2 aromatic heterocycles. The van der Waals surface area contributed by atoms with Crippen LogP contribution in [0.25, 0.3) is 16.8 Å². The molecule has 146 valence electrons. The van der Waals surface area contributed by atoms with Crippen molar-refractivity contribution in [1.82, 2.24) is 14.4 Å². The molecule has 0 amide bonds. The Labute approximate surface area is 166 Å². The molecule has 0 bridgehead atoms. The molecule has 5 rings (SSSR count). The van der Waals surface area contributed by atoms with Crippen LogP contribution in [-0.2, 0) is 6.61 Å². The molecule has 6 heteroatoms. The molecule has 0 radical (unpaired) electrons. The molecule has 1 aliphatic carbocycles. The molecule has 0 aliphatic heterocycles. The number of fused-ring (bicyclic) bond motifs is 1. The van der Waals surface area contributed by atoms with E-state index in [2.05, 4.69) is 9.97 Å². The van der Waals surface area contributed by atoms with Gasteiger partial charge in [0.1, 0.15) is 23.6 Å². The molecule has 0 N–H and O–H groups in total. The highest BCUT2D eigenvalue weighted by Gasteiger charge is 2.28. The minimum atomic E-state index is -0.657. The van der Waals surface area contributed by atoms with Gasteiger partial charge in [0, 0.05) is 23.9 Å². The molecule has 0 atom stereocenters. The van der Waals surface area contributed by atoms with Gasteiger partial charge in [-0.05, 0) is 30.5 Å². The van der Waals surface area contributed by atoms with Crippen molar-refractivity contribution in [3.05, 3.63) is 84.1 Å². The predicted octanol–water partition coefficient (Wildman–Crippen LogP) is 5.52. The summed E-state index contributed by atoms with van der Waals surface area (Å²) in [6.07, 6.45) is 6.23. The fourth-order valence-corrected chi connectivity index (χ4v) is 3.71. The third-order valence-corrected chi connectivity index (χ3v) is 5.46. The van der Waals surface area contributed by atoms with Crippen molar-refractivity contribution in [2.75, 3.05) is 0 Å². The maximum absolute atomic E-state index is 15.3. The molecule has 2 aromatic carbocycles. The molecule has 0 spiro atoms. The van der Waals surface area contributed by atoms with E-state index in [9.17, 15) is 4.39 Å². The lowest BCUT2D eigenvalue weighted by atomic mass is 9.85. The monoisotopic (exact) mass is 391 g/mol. The second kappa shape index (κ2) is 7.28. The van der Waals surface area contributed by atoms with E-state index in [1.807, 2.05) is 30.3 Å². The van der Waals surface area contributed by atoms with E-state index < -0.39 is 11.8 Å². The van der Waals surface area contributed by atoms with Gasteiger partial charge in [0.25, 0.3) is 0 Å². The summed E-state index contributed by atoms with van der Waals surface area (Å²) in [6, 6.07) is 14.4. The highest BCUT2D eigenvalue weighted by molar-refractivity contribution is 5.79. The summed E-state index contributed by atoms with van der Waals surface area (Å²) in [5.74, 6) is -0.0689. The Hall–Kier alpha value is -3.28. The highest BCUT2D eigenvalue weighted by Crippen LogP contribution is 2.39. The maximum atomic E-state index is 15.3. The Morgan fingerprint density at radius 2 is 1.86 bits per heavy atom. The summed E-state index contributed by atoms with van der Waals surface area (Å²) < 4.78 is 37.3. The second-order valence-corrected chi connectivity index (χ2v) is 7.28. The Balaban J connectivity index is 1.57. The first kappa shape index (κ1) is 17.8. The zero-order chi connectivity index (χ0) is 19.8. The Bertz CT molecular complexity index is 1170. The SMILES string of the molecule is Fc1c(OCc2ccccc2)cccc1-c1nc(C2CCC2)n2ccnc(F)c12. The van der Waals surface area contributed by atoms with Crippen molar-refractivity contribution in [3.8, 4) is 17.0 Å². The summed E-state index contributed by atoms with van der Waals surface area (Å²) in [7, 11) is 0. The third-order valence-electron chi connectivity index (χ3n) is 5.46. The lowest BCUT2D eigenvalue weighted by Crippen LogP contribution is -2.12. The van der Waals surface area contributed by atoms with Gasteiger partial charge in [-0.2, -0.15) is 4.39 Å². The van der Waals surface area contributed by atoms with Gasteiger partial charge in [-0.1, -0.05) is 42.8 Å². The van der Waals surface area contributed by atoms with E-state index in [0.717, 1.165) is 30.7 Å². The number of hydrogen-bond donors (Lipinski definition) is 0. The van der Waals surface area contributed by atoms with Crippen LogP contribution in [0.4, 0.5) is 8.78 Å². The van der Waals surface area contributed by atoms with Gasteiger partial charge >= 0.3 is 0 Å². The predicted molar refractivity (Wildman–Crippen MR) is 106 cm³/mol. The minimum Gasteiger partial charge on any atom is -0.486 e. The van der Waals surface area contributed by atoms with Crippen LogP contribution in [0.5, 0.6) is 5.75 Å². The van der Waals surface area contributed by atoms with Crippen LogP contribution in [0.15, 0.2) is 60.9 Å². The smallest absolute Gasteiger partial charge is 0.239 e. The van der Waals surface area contributed by atoms with Crippen molar-refractivity contribution < 1.29 is 13.5 Å². The van der Waals surface area contributed by atoms with E-state index in [0.29, 0.717) is 0 Å². The summed E-state index contributed by atoms with van der Waals surface area (Å²) >= 11 is 0. The number of rotatable bonds is 5. The molecule has 1 saturated carbocycles. The van der Waals surface area contributed by atoms with Crippen LogP contribution < -0.4 is 4.74 Å². The van der Waals surface area contributed by atoms with Crippen LogP contribution >= 0.6 is 0 Å². The van der Waals surface area contributed by atoms with Crippen molar-refractivity contribution in [2.24, 2.45) is 0 Å². The first-order chi connectivity index (χ1) is 14.2. The number of nitrogens with zero attached hydrogens (tertiary/aromatic N) is 3. The van der Waals surface area contributed by atoms with Crippen molar-refractivity contribution in [2.45, 2.75) is 31.8 Å². The molecular formula is C23H19F2N3O. The van der Waals surface area contributed by atoms with Gasteiger partial charge in [0.05, 0.1) is 0 Å². The van der Waals surface area contributed by atoms with Gasteiger partial charge in [0.15, 0.2) is 11.6 Å². The molecule has 1 aliphatic rings. The summed E-state index contributed by atoms with van der Waals surface area (Å²) in [6.45, 7) is 0.244. The van der Waals surface area contributed by atoms with Gasteiger partial charge in [-0.25, -0.2) is 14.4 Å². The topological polar surface area (TPSA) is 39.4 Å². The number of hydrogen-bond acceptors (Lipinski definition) is 3. The van der Waals surface area contributed by atoms with E-state index in [1.54, 1.807) is 28.8 Å². The molecular weight excluding hydrogens is 372 g/mol. The first-order valence-electron chi connectivity index (χ1n) is 9.70. The van der Waals surface area contributed by atoms with E-state index >= 15 is 4.39 Å². The fraction of sp³-hybridized carbons (Fsp3) is 0.217. The van der Waals surface area contributed by atoms with Gasteiger partial charge in [-0.15, -0.1) is 0 Å². The third kappa shape index (κ3) is 3.14. The largest absolute Gasteiger partial charge is 0.486 e. The Morgan fingerprint density at radius 3 is 2.62 bits per heavy atom. The minimum absolute atomic E-state index is 0.113. The summed E-state index contributed by atoms with van der Waals surface area (Å²) in [4.78, 5) is 8.41. The summed E-state index contributed by atoms with van der Waals surface area (Å²) in [5.41, 5.74) is 1.62. The molecule has 4 nitrogen and oxygen atoms in total. The molecule has 2 heterocycles. The van der Waals surface area contributed by atoms with Crippen molar-refractivity contribution in [3.63, 3.8) is 0 Å². The molecule has 4 aromatic rings. The Kier molecular flexibility index (Phi) is 4.46. The van der Waals surface area contributed by atoms with Crippen molar-refractivity contribution in [1.29, 1.82) is 0 Å². The zero-order valence-electron chi connectivity index (χ0n) is 15.7. The number of aromatic nitrogens is 3. The molecule has 29 heavy (non-hydrogen) atoms. The molecule has 1 fully saturated rings. The van der Waals surface area contributed by atoms with Crippen LogP contribution in [0.3, 0.4) is 0 Å². The van der Waals surface area contributed by atoms with E-state index in [-0.39, 0.29) is 35.0 Å².